The van der Waals surface area contributed by atoms with E-state index in [4.69, 9.17) is 0 Å². The maximum Gasteiger partial charge on any atom is 0.106 e. The highest BCUT2D eigenvalue weighted by molar-refractivity contribution is 9.10. The summed E-state index contributed by atoms with van der Waals surface area (Å²) in [7, 11) is 0. The van der Waals surface area contributed by atoms with Crippen LogP contribution in [0.25, 0.3) is 10.9 Å². The smallest absolute Gasteiger partial charge is 0.106 e. The molecule has 0 N–H and O–H groups in total. The Hall–Kier alpha value is -0.890. The molecule has 0 bridgehead atoms. The molecule has 0 aliphatic carbocycles. The van der Waals surface area contributed by atoms with Gasteiger partial charge in [0.1, 0.15) is 4.60 Å². The standard InChI is InChI=1S/C10H8BrN/c1-7-2-4-9-8(6-7)3-5-10(11)12-9/h2-6H,1H3. The third kappa shape index (κ3) is 1.34. The summed E-state index contributed by atoms with van der Waals surface area (Å²) < 4.78 is 0.888. The van der Waals surface area contributed by atoms with Crippen molar-refractivity contribution in [3.63, 3.8) is 0 Å². The molecule has 0 unspecified atom stereocenters. The van der Waals surface area contributed by atoms with Crippen LogP contribution in [-0.4, -0.2) is 4.98 Å². The number of aryl methyl sites for hydroxylation is 1. The van der Waals surface area contributed by atoms with Crippen LogP contribution in [0.3, 0.4) is 0 Å². The van der Waals surface area contributed by atoms with Crippen molar-refractivity contribution in [1.82, 2.24) is 4.98 Å². The third-order valence-corrected chi connectivity index (χ3v) is 2.25. The van der Waals surface area contributed by atoms with E-state index in [9.17, 15) is 0 Å². The number of nitrogens with zero attached hydrogens (tertiary/aromatic N) is 1. The molecule has 60 valence electrons. The van der Waals surface area contributed by atoms with Crippen molar-refractivity contribution in [2.45, 2.75) is 6.92 Å². The SMILES string of the molecule is Cc1ccc2nc(Br)ccc2c1. The van der Waals surface area contributed by atoms with Gasteiger partial charge in [0.2, 0.25) is 0 Å². The molecule has 1 aromatic carbocycles. The fraction of sp³-hybridized carbons (Fsp3) is 0.100. The Balaban J connectivity index is 2.79. The van der Waals surface area contributed by atoms with E-state index < -0.39 is 0 Å². The summed E-state index contributed by atoms with van der Waals surface area (Å²) in [6.07, 6.45) is 0. The lowest BCUT2D eigenvalue weighted by Crippen LogP contribution is -1.80. The van der Waals surface area contributed by atoms with Gasteiger partial charge < -0.3 is 0 Å². The topological polar surface area (TPSA) is 12.9 Å². The summed E-state index contributed by atoms with van der Waals surface area (Å²) in [4.78, 5) is 4.33. The highest BCUT2D eigenvalue weighted by atomic mass is 79.9. The van der Waals surface area contributed by atoms with Crippen LogP contribution in [-0.2, 0) is 0 Å². The van der Waals surface area contributed by atoms with E-state index in [2.05, 4.69) is 46.0 Å². The average Bonchev–Trinajstić information content (AvgIpc) is 2.05. The highest BCUT2D eigenvalue weighted by Gasteiger charge is 1.94. The van der Waals surface area contributed by atoms with E-state index in [1.807, 2.05) is 12.1 Å². The van der Waals surface area contributed by atoms with Gasteiger partial charge in [-0.1, -0.05) is 17.7 Å². The molecule has 2 rings (SSSR count). The first-order valence-electron chi connectivity index (χ1n) is 3.78. The molecule has 0 spiro atoms. The molecule has 2 aromatic rings. The monoisotopic (exact) mass is 221 g/mol. The van der Waals surface area contributed by atoms with E-state index in [-0.39, 0.29) is 0 Å². The molecular formula is C10H8BrN. The van der Waals surface area contributed by atoms with Gasteiger partial charge in [0, 0.05) is 5.39 Å². The number of rotatable bonds is 0. The van der Waals surface area contributed by atoms with E-state index in [1.165, 1.54) is 10.9 Å². The van der Waals surface area contributed by atoms with Gasteiger partial charge in [0.05, 0.1) is 5.52 Å². The van der Waals surface area contributed by atoms with E-state index in [0.29, 0.717) is 0 Å². The van der Waals surface area contributed by atoms with E-state index >= 15 is 0 Å². The summed E-state index contributed by atoms with van der Waals surface area (Å²) in [5, 5.41) is 1.19. The van der Waals surface area contributed by atoms with Gasteiger partial charge in [0.25, 0.3) is 0 Å². The Morgan fingerprint density at radius 3 is 2.83 bits per heavy atom. The van der Waals surface area contributed by atoms with Crippen LogP contribution in [0.1, 0.15) is 5.56 Å². The summed E-state index contributed by atoms with van der Waals surface area (Å²) in [5.41, 5.74) is 2.31. The predicted molar refractivity (Wildman–Crippen MR) is 54.2 cm³/mol. The number of aromatic nitrogens is 1. The molecule has 0 aliphatic rings. The molecular weight excluding hydrogens is 214 g/mol. The summed E-state index contributed by atoms with van der Waals surface area (Å²) >= 11 is 3.34. The molecule has 1 nitrogen and oxygen atoms in total. The fourth-order valence-electron chi connectivity index (χ4n) is 1.22. The first kappa shape index (κ1) is 7.74. The first-order valence-corrected chi connectivity index (χ1v) is 4.58. The zero-order valence-electron chi connectivity index (χ0n) is 6.71. The Morgan fingerprint density at radius 2 is 2.00 bits per heavy atom. The summed E-state index contributed by atoms with van der Waals surface area (Å²) in [6, 6.07) is 10.3. The maximum absolute atomic E-state index is 4.33. The van der Waals surface area contributed by atoms with Gasteiger partial charge in [-0.25, -0.2) is 4.98 Å². The maximum atomic E-state index is 4.33. The number of halogens is 1. The second kappa shape index (κ2) is 2.87. The molecule has 1 aromatic heterocycles. The second-order valence-corrected chi connectivity index (χ2v) is 3.64. The number of pyridine rings is 1. The molecule has 0 fully saturated rings. The van der Waals surface area contributed by atoms with Crippen molar-refractivity contribution in [2.75, 3.05) is 0 Å². The number of benzene rings is 1. The quantitative estimate of drug-likeness (QED) is 0.623. The van der Waals surface area contributed by atoms with Crippen molar-refractivity contribution < 1.29 is 0 Å². The van der Waals surface area contributed by atoms with Crippen molar-refractivity contribution in [2.24, 2.45) is 0 Å². The zero-order chi connectivity index (χ0) is 8.55. The van der Waals surface area contributed by atoms with Gasteiger partial charge >= 0.3 is 0 Å². The fourth-order valence-corrected chi connectivity index (χ4v) is 1.54. The van der Waals surface area contributed by atoms with E-state index in [0.717, 1.165) is 10.1 Å². The largest absolute Gasteiger partial charge is 0.241 e. The predicted octanol–water partition coefficient (Wildman–Crippen LogP) is 3.31. The number of hydrogen-bond donors (Lipinski definition) is 0. The number of hydrogen-bond acceptors (Lipinski definition) is 1. The van der Waals surface area contributed by atoms with E-state index in [1.54, 1.807) is 0 Å². The molecule has 0 saturated carbocycles. The van der Waals surface area contributed by atoms with Crippen molar-refractivity contribution in [3.05, 3.63) is 40.5 Å². The normalized spacial score (nSPS) is 10.5. The molecule has 0 amide bonds. The Labute approximate surface area is 79.6 Å². The Bertz CT molecular complexity index is 382. The van der Waals surface area contributed by atoms with Crippen molar-refractivity contribution in [3.8, 4) is 0 Å². The molecule has 2 heteroatoms. The molecule has 0 saturated heterocycles. The minimum atomic E-state index is 0.888. The third-order valence-electron chi connectivity index (χ3n) is 1.81. The minimum Gasteiger partial charge on any atom is -0.241 e. The van der Waals surface area contributed by atoms with Gasteiger partial charge in [-0.05, 0) is 41.1 Å². The van der Waals surface area contributed by atoms with Gasteiger partial charge in [0.15, 0.2) is 0 Å². The van der Waals surface area contributed by atoms with Gasteiger partial charge in [-0.3, -0.25) is 0 Å². The zero-order valence-corrected chi connectivity index (χ0v) is 8.30. The van der Waals surface area contributed by atoms with Crippen LogP contribution in [0.2, 0.25) is 0 Å². The molecule has 0 aliphatic heterocycles. The summed E-state index contributed by atoms with van der Waals surface area (Å²) in [6.45, 7) is 2.08. The Kier molecular flexibility index (Phi) is 1.85. The lowest BCUT2D eigenvalue weighted by molar-refractivity contribution is 1.34. The first-order chi connectivity index (χ1) is 5.75. The Morgan fingerprint density at radius 1 is 1.17 bits per heavy atom. The average molecular weight is 222 g/mol. The minimum absolute atomic E-state index is 0.888. The lowest BCUT2D eigenvalue weighted by atomic mass is 10.1. The highest BCUT2D eigenvalue weighted by Crippen LogP contribution is 2.16. The number of fused-ring (bicyclic) bond motifs is 1. The van der Waals surface area contributed by atoms with Crippen LogP contribution in [0, 0.1) is 6.92 Å². The van der Waals surface area contributed by atoms with Gasteiger partial charge in [-0.2, -0.15) is 0 Å². The summed E-state index contributed by atoms with van der Waals surface area (Å²) in [5.74, 6) is 0. The van der Waals surface area contributed by atoms with Crippen LogP contribution in [0.15, 0.2) is 34.9 Å². The van der Waals surface area contributed by atoms with Gasteiger partial charge in [-0.15, -0.1) is 0 Å². The molecule has 1 heterocycles. The van der Waals surface area contributed by atoms with Crippen LogP contribution < -0.4 is 0 Å². The molecule has 0 radical (unpaired) electrons. The van der Waals surface area contributed by atoms with Crippen molar-refractivity contribution >= 4 is 26.8 Å². The van der Waals surface area contributed by atoms with Crippen molar-refractivity contribution in [1.29, 1.82) is 0 Å². The molecule has 12 heavy (non-hydrogen) atoms. The molecule has 0 atom stereocenters. The van der Waals surface area contributed by atoms with Crippen LogP contribution >= 0.6 is 15.9 Å². The second-order valence-electron chi connectivity index (χ2n) is 2.83. The lowest BCUT2D eigenvalue weighted by Gasteiger charge is -1.98. The van der Waals surface area contributed by atoms with Crippen LogP contribution in [0.5, 0.6) is 0 Å². The van der Waals surface area contributed by atoms with Crippen LogP contribution in [0.4, 0.5) is 0 Å².